The molecule has 0 radical (unpaired) electrons. The number of rotatable bonds is 3. The van der Waals surface area contributed by atoms with Crippen LogP contribution in [0.1, 0.15) is 31.4 Å². The van der Waals surface area contributed by atoms with E-state index >= 15 is 0 Å². The lowest BCUT2D eigenvalue weighted by molar-refractivity contribution is -0.126. The molecule has 19 heavy (non-hydrogen) atoms. The molecule has 1 aromatic carbocycles. The Hall–Kier alpha value is -0.580. The van der Waals surface area contributed by atoms with E-state index in [1.807, 2.05) is 31.2 Å². The van der Waals surface area contributed by atoms with Crippen LogP contribution < -0.4 is 10.6 Å². The van der Waals surface area contributed by atoms with Crippen molar-refractivity contribution < 1.29 is 4.79 Å². The molecule has 1 saturated heterocycles. The smallest absolute Gasteiger partial charge is 0.224 e. The highest BCUT2D eigenvalue weighted by molar-refractivity contribution is 9.10. The van der Waals surface area contributed by atoms with Crippen molar-refractivity contribution in [1.29, 1.82) is 0 Å². The molecule has 5 heteroatoms. The fraction of sp³-hybridized carbons (Fsp3) is 0.500. The zero-order valence-electron chi connectivity index (χ0n) is 11.0. The number of piperidine rings is 1. The Bertz CT molecular complexity index is 422. The van der Waals surface area contributed by atoms with E-state index in [1.165, 1.54) is 0 Å². The average molecular weight is 348 g/mol. The van der Waals surface area contributed by atoms with E-state index in [4.69, 9.17) is 0 Å². The maximum atomic E-state index is 12.1. The van der Waals surface area contributed by atoms with Crippen LogP contribution in [0.25, 0.3) is 0 Å². The van der Waals surface area contributed by atoms with Crippen LogP contribution in [-0.2, 0) is 4.79 Å². The third-order valence-electron chi connectivity index (χ3n) is 3.38. The van der Waals surface area contributed by atoms with Crippen LogP contribution in [-0.4, -0.2) is 19.0 Å². The summed E-state index contributed by atoms with van der Waals surface area (Å²) < 4.78 is 1.04. The Kier molecular flexibility index (Phi) is 6.83. The number of benzene rings is 1. The Morgan fingerprint density at radius 3 is 2.95 bits per heavy atom. The lowest BCUT2D eigenvalue weighted by atomic mass is 9.98. The highest BCUT2D eigenvalue weighted by atomic mass is 79.9. The number of carbonyl (C=O) groups is 1. The van der Waals surface area contributed by atoms with Crippen molar-refractivity contribution in [3.05, 3.63) is 34.3 Å². The van der Waals surface area contributed by atoms with Gasteiger partial charge in [0.05, 0.1) is 12.0 Å². The first kappa shape index (κ1) is 16.5. The number of hydrogen-bond acceptors (Lipinski definition) is 2. The van der Waals surface area contributed by atoms with Crippen LogP contribution in [0.4, 0.5) is 0 Å². The van der Waals surface area contributed by atoms with E-state index < -0.39 is 0 Å². The van der Waals surface area contributed by atoms with Crippen LogP contribution >= 0.6 is 28.3 Å². The van der Waals surface area contributed by atoms with Gasteiger partial charge in [-0.3, -0.25) is 4.79 Å². The number of amides is 1. The third kappa shape index (κ3) is 4.79. The normalized spacial score (nSPS) is 20.2. The molecule has 1 fully saturated rings. The van der Waals surface area contributed by atoms with Gasteiger partial charge in [-0.15, -0.1) is 12.4 Å². The predicted octanol–water partition coefficient (Wildman–Crippen LogP) is 3.05. The van der Waals surface area contributed by atoms with E-state index in [9.17, 15) is 4.79 Å². The summed E-state index contributed by atoms with van der Waals surface area (Å²) in [6.45, 7) is 3.86. The molecule has 0 aromatic heterocycles. The molecule has 2 rings (SSSR count). The number of halogens is 2. The molecule has 0 aliphatic carbocycles. The summed E-state index contributed by atoms with van der Waals surface area (Å²) in [5, 5.41) is 6.36. The SMILES string of the molecule is CC(NC(=O)C1CCCNC1)c1cccc(Br)c1.Cl. The Balaban J connectivity index is 0.00000180. The lowest BCUT2D eigenvalue weighted by Gasteiger charge is -2.24. The Morgan fingerprint density at radius 1 is 1.53 bits per heavy atom. The molecule has 0 bridgehead atoms. The number of carbonyl (C=O) groups excluding carboxylic acids is 1. The van der Waals surface area contributed by atoms with Gasteiger partial charge in [-0.25, -0.2) is 0 Å². The maximum absolute atomic E-state index is 12.1. The molecule has 0 spiro atoms. The molecule has 2 N–H and O–H groups in total. The number of nitrogens with one attached hydrogen (secondary N) is 2. The molecule has 0 saturated carbocycles. The van der Waals surface area contributed by atoms with E-state index in [-0.39, 0.29) is 30.3 Å². The zero-order chi connectivity index (χ0) is 13.0. The van der Waals surface area contributed by atoms with E-state index in [1.54, 1.807) is 0 Å². The molecule has 1 aromatic rings. The van der Waals surface area contributed by atoms with Crippen LogP contribution in [0.2, 0.25) is 0 Å². The molecule has 106 valence electrons. The van der Waals surface area contributed by atoms with Crippen LogP contribution in [0, 0.1) is 5.92 Å². The molecule has 1 heterocycles. The molecule has 2 atom stereocenters. The highest BCUT2D eigenvalue weighted by Gasteiger charge is 2.22. The van der Waals surface area contributed by atoms with Gasteiger partial charge in [0, 0.05) is 11.0 Å². The van der Waals surface area contributed by atoms with E-state index in [0.717, 1.165) is 36.0 Å². The standard InChI is InChI=1S/C14H19BrN2O.ClH/c1-10(11-4-2-6-13(15)8-11)17-14(18)12-5-3-7-16-9-12;/h2,4,6,8,10,12,16H,3,5,7,9H2,1H3,(H,17,18);1H. The van der Waals surface area contributed by atoms with Gasteiger partial charge in [0.25, 0.3) is 0 Å². The fourth-order valence-electron chi connectivity index (χ4n) is 2.27. The summed E-state index contributed by atoms with van der Waals surface area (Å²) >= 11 is 3.45. The zero-order valence-corrected chi connectivity index (χ0v) is 13.4. The summed E-state index contributed by atoms with van der Waals surface area (Å²) in [7, 11) is 0. The fourth-order valence-corrected chi connectivity index (χ4v) is 2.68. The van der Waals surface area contributed by atoms with Crippen molar-refractivity contribution in [2.45, 2.75) is 25.8 Å². The summed E-state index contributed by atoms with van der Waals surface area (Å²) in [6, 6.07) is 8.11. The first-order valence-electron chi connectivity index (χ1n) is 6.43. The van der Waals surface area contributed by atoms with Gasteiger partial charge in [0.1, 0.15) is 0 Å². The van der Waals surface area contributed by atoms with Crippen molar-refractivity contribution in [3.63, 3.8) is 0 Å². The Morgan fingerprint density at radius 2 is 2.32 bits per heavy atom. The highest BCUT2D eigenvalue weighted by Crippen LogP contribution is 2.19. The molecular formula is C14H20BrClN2O. The number of hydrogen-bond donors (Lipinski definition) is 2. The minimum absolute atomic E-state index is 0. The summed E-state index contributed by atoms with van der Waals surface area (Å²) in [5.41, 5.74) is 1.13. The lowest BCUT2D eigenvalue weighted by Crippen LogP contribution is -2.41. The van der Waals surface area contributed by atoms with Crippen LogP contribution in [0.3, 0.4) is 0 Å². The monoisotopic (exact) mass is 346 g/mol. The molecule has 1 aliphatic heterocycles. The second-order valence-electron chi connectivity index (χ2n) is 4.83. The van der Waals surface area contributed by atoms with Crippen LogP contribution in [0.15, 0.2) is 28.7 Å². The Labute approximate surface area is 129 Å². The van der Waals surface area contributed by atoms with Crippen molar-refractivity contribution in [3.8, 4) is 0 Å². The van der Waals surface area contributed by atoms with Gasteiger partial charge in [0.15, 0.2) is 0 Å². The second kappa shape index (κ2) is 7.88. The minimum Gasteiger partial charge on any atom is -0.349 e. The molecular weight excluding hydrogens is 328 g/mol. The summed E-state index contributed by atoms with van der Waals surface area (Å²) in [4.78, 5) is 12.1. The van der Waals surface area contributed by atoms with E-state index in [0.29, 0.717) is 0 Å². The molecule has 3 nitrogen and oxygen atoms in total. The van der Waals surface area contributed by atoms with Gasteiger partial charge in [-0.1, -0.05) is 28.1 Å². The van der Waals surface area contributed by atoms with Gasteiger partial charge in [-0.05, 0) is 44.0 Å². The van der Waals surface area contributed by atoms with Gasteiger partial charge >= 0.3 is 0 Å². The van der Waals surface area contributed by atoms with Crippen molar-refractivity contribution in [2.75, 3.05) is 13.1 Å². The first-order valence-corrected chi connectivity index (χ1v) is 7.22. The average Bonchev–Trinajstić information content (AvgIpc) is 2.39. The molecule has 1 aliphatic rings. The second-order valence-corrected chi connectivity index (χ2v) is 5.74. The molecule has 2 unspecified atom stereocenters. The minimum atomic E-state index is 0. The first-order chi connectivity index (χ1) is 8.66. The van der Waals surface area contributed by atoms with Gasteiger partial charge in [-0.2, -0.15) is 0 Å². The van der Waals surface area contributed by atoms with Gasteiger partial charge in [0.2, 0.25) is 5.91 Å². The predicted molar refractivity (Wildman–Crippen MR) is 83.5 cm³/mol. The largest absolute Gasteiger partial charge is 0.349 e. The van der Waals surface area contributed by atoms with Crippen molar-refractivity contribution >= 4 is 34.2 Å². The third-order valence-corrected chi connectivity index (χ3v) is 3.87. The topological polar surface area (TPSA) is 41.1 Å². The quantitative estimate of drug-likeness (QED) is 0.882. The van der Waals surface area contributed by atoms with Crippen LogP contribution in [0.5, 0.6) is 0 Å². The van der Waals surface area contributed by atoms with Crippen molar-refractivity contribution in [1.82, 2.24) is 10.6 Å². The van der Waals surface area contributed by atoms with Gasteiger partial charge < -0.3 is 10.6 Å². The summed E-state index contributed by atoms with van der Waals surface area (Å²) in [5.74, 6) is 0.281. The maximum Gasteiger partial charge on any atom is 0.224 e. The molecule has 1 amide bonds. The summed E-state index contributed by atoms with van der Waals surface area (Å²) in [6.07, 6.45) is 2.08. The van der Waals surface area contributed by atoms with Crippen molar-refractivity contribution in [2.24, 2.45) is 5.92 Å². The van der Waals surface area contributed by atoms with E-state index in [2.05, 4.69) is 26.6 Å².